The summed E-state index contributed by atoms with van der Waals surface area (Å²) < 4.78 is 11.2. The predicted octanol–water partition coefficient (Wildman–Crippen LogP) is 3.88. The first-order chi connectivity index (χ1) is 15.1. The zero-order valence-electron chi connectivity index (χ0n) is 18.2. The lowest BCUT2D eigenvalue weighted by Crippen LogP contribution is -2.45. The van der Waals surface area contributed by atoms with Crippen molar-refractivity contribution in [1.82, 2.24) is 9.80 Å². The molecule has 1 saturated heterocycles. The Balaban J connectivity index is 1.29. The molecule has 31 heavy (non-hydrogen) atoms. The van der Waals surface area contributed by atoms with Crippen molar-refractivity contribution in [3.05, 3.63) is 83.8 Å². The SMILES string of the molecule is COc1cccc(N2CCN(Cc3ccc(C(=O)N(C)Cc4ccccc4)o3)CC2)c1. The summed E-state index contributed by atoms with van der Waals surface area (Å²) in [6.45, 7) is 5.03. The summed E-state index contributed by atoms with van der Waals surface area (Å²) in [5.41, 5.74) is 2.28. The monoisotopic (exact) mass is 419 g/mol. The van der Waals surface area contributed by atoms with E-state index in [1.165, 1.54) is 5.69 Å². The maximum Gasteiger partial charge on any atom is 0.289 e. The lowest BCUT2D eigenvalue weighted by Gasteiger charge is -2.35. The molecule has 0 spiro atoms. The summed E-state index contributed by atoms with van der Waals surface area (Å²) in [4.78, 5) is 19.1. The van der Waals surface area contributed by atoms with Crippen LogP contribution in [-0.4, -0.2) is 56.0 Å². The van der Waals surface area contributed by atoms with Crippen molar-refractivity contribution in [3.63, 3.8) is 0 Å². The van der Waals surface area contributed by atoms with Gasteiger partial charge >= 0.3 is 0 Å². The Morgan fingerprint density at radius 1 is 1.00 bits per heavy atom. The Bertz CT molecular complexity index is 994. The van der Waals surface area contributed by atoms with Gasteiger partial charge in [-0.3, -0.25) is 9.69 Å². The van der Waals surface area contributed by atoms with Crippen LogP contribution in [0.3, 0.4) is 0 Å². The Morgan fingerprint density at radius 3 is 2.52 bits per heavy atom. The van der Waals surface area contributed by atoms with Gasteiger partial charge in [-0.15, -0.1) is 0 Å². The zero-order chi connectivity index (χ0) is 21.6. The summed E-state index contributed by atoms with van der Waals surface area (Å²) in [7, 11) is 3.49. The van der Waals surface area contributed by atoms with Gasteiger partial charge in [-0.1, -0.05) is 36.4 Å². The van der Waals surface area contributed by atoms with Gasteiger partial charge in [-0.05, 0) is 29.8 Å². The van der Waals surface area contributed by atoms with E-state index in [4.69, 9.17) is 9.15 Å². The normalized spacial score (nSPS) is 14.5. The number of carbonyl (C=O) groups excluding carboxylic acids is 1. The molecule has 3 aromatic rings. The average molecular weight is 420 g/mol. The van der Waals surface area contributed by atoms with Gasteiger partial charge in [0.1, 0.15) is 11.5 Å². The van der Waals surface area contributed by atoms with Crippen LogP contribution in [0, 0.1) is 0 Å². The van der Waals surface area contributed by atoms with Gasteiger partial charge < -0.3 is 19.0 Å². The number of amides is 1. The molecule has 6 nitrogen and oxygen atoms in total. The van der Waals surface area contributed by atoms with Gasteiger partial charge in [-0.25, -0.2) is 0 Å². The highest BCUT2D eigenvalue weighted by Gasteiger charge is 2.21. The van der Waals surface area contributed by atoms with Crippen molar-refractivity contribution in [2.75, 3.05) is 45.2 Å². The summed E-state index contributed by atoms with van der Waals surface area (Å²) in [5.74, 6) is 2.00. The molecule has 0 bridgehead atoms. The van der Waals surface area contributed by atoms with E-state index in [9.17, 15) is 4.79 Å². The van der Waals surface area contributed by atoms with Crippen molar-refractivity contribution in [2.24, 2.45) is 0 Å². The molecule has 0 N–H and O–H groups in total. The van der Waals surface area contributed by atoms with E-state index in [0.717, 1.165) is 43.3 Å². The molecule has 1 aliphatic heterocycles. The molecule has 1 aliphatic rings. The summed E-state index contributed by atoms with van der Waals surface area (Å²) in [5, 5.41) is 0. The maximum absolute atomic E-state index is 12.7. The minimum atomic E-state index is -0.0991. The number of furan rings is 1. The molecule has 4 rings (SSSR count). The fraction of sp³-hybridized carbons (Fsp3) is 0.320. The first kappa shape index (κ1) is 21.0. The third kappa shape index (κ3) is 5.27. The van der Waals surface area contributed by atoms with Gasteiger partial charge in [0.2, 0.25) is 0 Å². The molecule has 6 heteroatoms. The van der Waals surface area contributed by atoms with Crippen LogP contribution in [0.1, 0.15) is 21.9 Å². The first-order valence-corrected chi connectivity index (χ1v) is 10.6. The number of carbonyl (C=O) groups is 1. The quantitative estimate of drug-likeness (QED) is 0.582. The van der Waals surface area contributed by atoms with E-state index in [0.29, 0.717) is 18.8 Å². The molecule has 0 unspecified atom stereocenters. The third-order valence-electron chi connectivity index (χ3n) is 5.65. The number of ether oxygens (including phenoxy) is 1. The van der Waals surface area contributed by atoms with Crippen LogP contribution in [0.15, 0.2) is 71.1 Å². The van der Waals surface area contributed by atoms with Gasteiger partial charge in [-0.2, -0.15) is 0 Å². The number of rotatable bonds is 7. The van der Waals surface area contributed by atoms with Gasteiger partial charge in [0.15, 0.2) is 5.76 Å². The smallest absolute Gasteiger partial charge is 0.289 e. The molecule has 0 aliphatic carbocycles. The second-order valence-corrected chi connectivity index (χ2v) is 7.88. The van der Waals surface area contributed by atoms with Crippen LogP contribution in [0.5, 0.6) is 5.75 Å². The molecule has 0 saturated carbocycles. The van der Waals surface area contributed by atoms with Crippen molar-refractivity contribution in [3.8, 4) is 5.75 Å². The second kappa shape index (κ2) is 9.71. The molecular formula is C25H29N3O3. The van der Waals surface area contributed by atoms with E-state index in [1.54, 1.807) is 25.1 Å². The number of methoxy groups -OCH3 is 1. The van der Waals surface area contributed by atoms with E-state index in [2.05, 4.69) is 21.9 Å². The molecule has 2 heterocycles. The van der Waals surface area contributed by atoms with Crippen molar-refractivity contribution in [2.45, 2.75) is 13.1 Å². The van der Waals surface area contributed by atoms with Crippen molar-refractivity contribution >= 4 is 11.6 Å². The Morgan fingerprint density at radius 2 is 1.77 bits per heavy atom. The van der Waals surface area contributed by atoms with Gasteiger partial charge in [0, 0.05) is 51.5 Å². The molecular weight excluding hydrogens is 390 g/mol. The number of hydrogen-bond donors (Lipinski definition) is 0. The molecule has 2 aromatic carbocycles. The summed E-state index contributed by atoms with van der Waals surface area (Å²) >= 11 is 0. The number of benzene rings is 2. The number of piperazine rings is 1. The summed E-state index contributed by atoms with van der Waals surface area (Å²) in [6.07, 6.45) is 0. The molecule has 162 valence electrons. The number of anilines is 1. The van der Waals surface area contributed by atoms with E-state index in [-0.39, 0.29) is 5.91 Å². The Labute approximate surface area is 183 Å². The number of hydrogen-bond acceptors (Lipinski definition) is 5. The number of nitrogens with zero attached hydrogens (tertiary/aromatic N) is 3. The Kier molecular flexibility index (Phi) is 6.57. The highest BCUT2D eigenvalue weighted by Crippen LogP contribution is 2.23. The topological polar surface area (TPSA) is 49.2 Å². The van der Waals surface area contributed by atoms with Gasteiger partial charge in [0.25, 0.3) is 5.91 Å². The maximum atomic E-state index is 12.7. The van der Waals surface area contributed by atoms with Crippen LogP contribution in [-0.2, 0) is 13.1 Å². The lowest BCUT2D eigenvalue weighted by molar-refractivity contribution is 0.0749. The first-order valence-electron chi connectivity index (χ1n) is 10.6. The average Bonchev–Trinajstić information content (AvgIpc) is 3.28. The third-order valence-corrected chi connectivity index (χ3v) is 5.65. The lowest BCUT2D eigenvalue weighted by atomic mass is 10.2. The van der Waals surface area contributed by atoms with Gasteiger partial charge in [0.05, 0.1) is 13.7 Å². The minimum Gasteiger partial charge on any atom is -0.497 e. The molecule has 0 atom stereocenters. The standard InChI is InChI=1S/C25H29N3O3/c1-26(18-20-7-4-3-5-8-20)25(29)24-12-11-23(31-24)19-27-13-15-28(16-14-27)21-9-6-10-22(17-21)30-2/h3-12,17H,13-16,18-19H2,1-2H3. The second-order valence-electron chi connectivity index (χ2n) is 7.88. The van der Waals surface area contributed by atoms with E-state index >= 15 is 0 Å². The Hall–Kier alpha value is -3.25. The highest BCUT2D eigenvalue weighted by atomic mass is 16.5. The van der Waals surface area contributed by atoms with E-state index < -0.39 is 0 Å². The van der Waals surface area contributed by atoms with Crippen molar-refractivity contribution in [1.29, 1.82) is 0 Å². The van der Waals surface area contributed by atoms with Crippen LogP contribution < -0.4 is 9.64 Å². The highest BCUT2D eigenvalue weighted by molar-refractivity contribution is 5.91. The largest absolute Gasteiger partial charge is 0.497 e. The molecule has 0 radical (unpaired) electrons. The van der Waals surface area contributed by atoms with Crippen LogP contribution in [0.25, 0.3) is 0 Å². The predicted molar refractivity (Wildman–Crippen MR) is 121 cm³/mol. The van der Waals surface area contributed by atoms with Crippen molar-refractivity contribution < 1.29 is 13.9 Å². The van der Waals surface area contributed by atoms with Crippen LogP contribution in [0.2, 0.25) is 0 Å². The molecule has 1 aromatic heterocycles. The fourth-order valence-corrected chi connectivity index (χ4v) is 3.89. The summed E-state index contributed by atoms with van der Waals surface area (Å²) in [6, 6.07) is 21.8. The van der Waals surface area contributed by atoms with Crippen LogP contribution in [0.4, 0.5) is 5.69 Å². The molecule has 1 amide bonds. The van der Waals surface area contributed by atoms with E-state index in [1.807, 2.05) is 48.5 Å². The fourth-order valence-electron chi connectivity index (χ4n) is 3.89. The zero-order valence-corrected chi connectivity index (χ0v) is 18.2. The van der Waals surface area contributed by atoms with Crippen LogP contribution >= 0.6 is 0 Å². The molecule has 1 fully saturated rings. The minimum absolute atomic E-state index is 0.0991.